The number of nitrogens with two attached hydrogens (primary N) is 1. The zero-order valence-corrected chi connectivity index (χ0v) is 10.6. The number of ether oxygens (including phenoxy) is 1. The van der Waals surface area contributed by atoms with E-state index in [4.69, 9.17) is 10.5 Å². The summed E-state index contributed by atoms with van der Waals surface area (Å²) in [5, 5.41) is 0. The van der Waals surface area contributed by atoms with Crippen LogP contribution in [0.5, 0.6) is 5.75 Å². The fourth-order valence-corrected chi connectivity index (χ4v) is 2.11. The molecular formula is C13H17N3O. The van der Waals surface area contributed by atoms with Gasteiger partial charge in [-0.05, 0) is 37.1 Å². The zero-order chi connectivity index (χ0) is 12.6. The van der Waals surface area contributed by atoms with Crippen molar-refractivity contribution in [2.24, 2.45) is 7.05 Å². The molecule has 90 valence electrons. The molecule has 0 amide bonds. The lowest BCUT2D eigenvalue weighted by Crippen LogP contribution is -1.99. The molecule has 1 heterocycles. The fraction of sp³-hybridized carbons (Fsp3) is 0.308. The standard InChI is InChI=1S/C13H17N3O/c1-8-5-10(6-9(2)12(8)17-4)11-7-15-13(14)16(11)3/h5-7H,1-4H3,(H2,14,15). The first-order chi connectivity index (χ1) is 8.04. The van der Waals surface area contributed by atoms with Crippen LogP contribution in [0.1, 0.15) is 11.1 Å². The third-order valence-electron chi connectivity index (χ3n) is 2.98. The Morgan fingerprint density at radius 2 is 1.82 bits per heavy atom. The third-order valence-corrected chi connectivity index (χ3v) is 2.98. The van der Waals surface area contributed by atoms with Gasteiger partial charge in [-0.3, -0.25) is 0 Å². The Bertz CT molecular complexity index is 535. The molecule has 0 aliphatic carbocycles. The average Bonchev–Trinajstić information content (AvgIpc) is 2.59. The number of hydrogen-bond acceptors (Lipinski definition) is 3. The van der Waals surface area contributed by atoms with Crippen molar-refractivity contribution in [2.45, 2.75) is 13.8 Å². The number of anilines is 1. The van der Waals surface area contributed by atoms with Crippen LogP contribution < -0.4 is 10.5 Å². The van der Waals surface area contributed by atoms with E-state index in [0.717, 1.165) is 28.1 Å². The van der Waals surface area contributed by atoms with Crippen molar-refractivity contribution >= 4 is 5.95 Å². The highest BCUT2D eigenvalue weighted by Crippen LogP contribution is 2.30. The van der Waals surface area contributed by atoms with Gasteiger partial charge in [-0.15, -0.1) is 0 Å². The number of nitrogen functional groups attached to an aromatic ring is 1. The summed E-state index contributed by atoms with van der Waals surface area (Å²) in [7, 11) is 3.60. The summed E-state index contributed by atoms with van der Waals surface area (Å²) in [6.45, 7) is 4.07. The van der Waals surface area contributed by atoms with Crippen LogP contribution in [0.2, 0.25) is 0 Å². The first-order valence-corrected chi connectivity index (χ1v) is 5.47. The monoisotopic (exact) mass is 231 g/mol. The molecule has 0 aliphatic rings. The van der Waals surface area contributed by atoms with Crippen LogP contribution in [0.4, 0.5) is 5.95 Å². The van der Waals surface area contributed by atoms with Gasteiger partial charge in [0.1, 0.15) is 5.75 Å². The molecule has 0 bridgehead atoms. The van der Waals surface area contributed by atoms with Gasteiger partial charge in [-0.25, -0.2) is 4.98 Å². The number of aromatic nitrogens is 2. The normalized spacial score (nSPS) is 10.6. The SMILES string of the molecule is COc1c(C)cc(-c2cnc(N)n2C)cc1C. The maximum atomic E-state index is 5.74. The summed E-state index contributed by atoms with van der Waals surface area (Å²) in [5.74, 6) is 1.45. The van der Waals surface area contributed by atoms with Crippen LogP contribution in [0, 0.1) is 13.8 Å². The maximum absolute atomic E-state index is 5.74. The van der Waals surface area contributed by atoms with E-state index in [1.807, 2.05) is 25.5 Å². The summed E-state index contributed by atoms with van der Waals surface area (Å²) in [6.07, 6.45) is 1.79. The molecule has 4 heteroatoms. The van der Waals surface area contributed by atoms with Gasteiger partial charge in [-0.1, -0.05) is 0 Å². The van der Waals surface area contributed by atoms with Crippen molar-refractivity contribution in [3.8, 4) is 17.0 Å². The number of methoxy groups -OCH3 is 1. The quantitative estimate of drug-likeness (QED) is 0.862. The molecule has 2 aromatic rings. The molecule has 1 aromatic heterocycles. The molecule has 1 aromatic carbocycles. The lowest BCUT2D eigenvalue weighted by atomic mass is 10.0. The molecule has 17 heavy (non-hydrogen) atoms. The van der Waals surface area contributed by atoms with Gasteiger partial charge in [0, 0.05) is 12.6 Å². The molecule has 0 radical (unpaired) electrons. The van der Waals surface area contributed by atoms with Crippen LogP contribution >= 0.6 is 0 Å². The van der Waals surface area contributed by atoms with Crippen molar-refractivity contribution in [3.05, 3.63) is 29.5 Å². The van der Waals surface area contributed by atoms with E-state index in [-0.39, 0.29) is 0 Å². The van der Waals surface area contributed by atoms with Crippen LogP contribution in [0.3, 0.4) is 0 Å². The number of nitrogens with zero attached hydrogens (tertiary/aromatic N) is 2. The Balaban J connectivity index is 2.58. The van der Waals surface area contributed by atoms with E-state index >= 15 is 0 Å². The van der Waals surface area contributed by atoms with Crippen molar-refractivity contribution in [1.29, 1.82) is 0 Å². The fourth-order valence-electron chi connectivity index (χ4n) is 2.11. The average molecular weight is 231 g/mol. The molecule has 0 fully saturated rings. The van der Waals surface area contributed by atoms with E-state index in [2.05, 4.69) is 17.1 Å². The summed E-state index contributed by atoms with van der Waals surface area (Å²) < 4.78 is 7.23. The molecule has 0 unspecified atom stereocenters. The molecule has 0 saturated carbocycles. The first kappa shape index (κ1) is 11.5. The molecule has 0 atom stereocenters. The van der Waals surface area contributed by atoms with Crippen LogP contribution in [-0.4, -0.2) is 16.7 Å². The Kier molecular flexibility index (Phi) is 2.79. The Labute approximate surface area is 101 Å². The van der Waals surface area contributed by atoms with E-state index in [9.17, 15) is 0 Å². The van der Waals surface area contributed by atoms with Gasteiger partial charge in [0.05, 0.1) is 19.0 Å². The highest BCUT2D eigenvalue weighted by Gasteiger charge is 2.10. The van der Waals surface area contributed by atoms with Gasteiger partial charge >= 0.3 is 0 Å². The van der Waals surface area contributed by atoms with Gasteiger partial charge in [0.15, 0.2) is 5.95 Å². The topological polar surface area (TPSA) is 53.1 Å². The Morgan fingerprint density at radius 1 is 1.24 bits per heavy atom. The summed E-state index contributed by atoms with van der Waals surface area (Å²) in [5.41, 5.74) is 10.1. The van der Waals surface area contributed by atoms with Crippen LogP contribution in [-0.2, 0) is 7.05 Å². The van der Waals surface area contributed by atoms with E-state index < -0.39 is 0 Å². The summed E-state index contributed by atoms with van der Waals surface area (Å²) >= 11 is 0. The van der Waals surface area contributed by atoms with E-state index in [1.54, 1.807) is 13.3 Å². The van der Waals surface area contributed by atoms with Crippen LogP contribution in [0.25, 0.3) is 11.3 Å². The van der Waals surface area contributed by atoms with Crippen molar-refractivity contribution in [2.75, 3.05) is 12.8 Å². The smallest absolute Gasteiger partial charge is 0.200 e. The molecule has 4 nitrogen and oxygen atoms in total. The first-order valence-electron chi connectivity index (χ1n) is 5.47. The van der Waals surface area contributed by atoms with Crippen molar-refractivity contribution < 1.29 is 4.74 Å². The zero-order valence-electron chi connectivity index (χ0n) is 10.6. The Hall–Kier alpha value is -1.97. The number of hydrogen-bond donors (Lipinski definition) is 1. The lowest BCUT2D eigenvalue weighted by Gasteiger charge is -2.11. The Morgan fingerprint density at radius 3 is 2.24 bits per heavy atom. The second kappa shape index (κ2) is 4.13. The van der Waals surface area contributed by atoms with Crippen molar-refractivity contribution in [1.82, 2.24) is 9.55 Å². The molecule has 0 saturated heterocycles. The minimum atomic E-state index is 0.520. The van der Waals surface area contributed by atoms with Crippen molar-refractivity contribution in [3.63, 3.8) is 0 Å². The molecule has 2 N–H and O–H groups in total. The van der Waals surface area contributed by atoms with Gasteiger partial charge < -0.3 is 15.0 Å². The number of rotatable bonds is 2. The predicted octanol–water partition coefficient (Wildman–Crippen LogP) is 2.29. The highest BCUT2D eigenvalue weighted by atomic mass is 16.5. The van der Waals surface area contributed by atoms with Gasteiger partial charge in [0.2, 0.25) is 0 Å². The molecular weight excluding hydrogens is 214 g/mol. The minimum Gasteiger partial charge on any atom is -0.496 e. The second-order valence-corrected chi connectivity index (χ2v) is 4.20. The molecule has 0 spiro atoms. The molecule has 0 aliphatic heterocycles. The lowest BCUT2D eigenvalue weighted by molar-refractivity contribution is 0.408. The number of aryl methyl sites for hydroxylation is 2. The largest absolute Gasteiger partial charge is 0.496 e. The maximum Gasteiger partial charge on any atom is 0.200 e. The number of benzene rings is 1. The van der Waals surface area contributed by atoms with Gasteiger partial charge in [-0.2, -0.15) is 0 Å². The van der Waals surface area contributed by atoms with E-state index in [1.165, 1.54) is 0 Å². The summed E-state index contributed by atoms with van der Waals surface area (Å²) in [6, 6.07) is 4.17. The van der Waals surface area contributed by atoms with Crippen LogP contribution in [0.15, 0.2) is 18.3 Å². The minimum absolute atomic E-state index is 0.520. The van der Waals surface area contributed by atoms with Gasteiger partial charge in [0.25, 0.3) is 0 Å². The predicted molar refractivity (Wildman–Crippen MR) is 69.1 cm³/mol. The highest BCUT2D eigenvalue weighted by molar-refractivity contribution is 5.65. The second-order valence-electron chi connectivity index (χ2n) is 4.20. The third kappa shape index (κ3) is 1.86. The molecule has 2 rings (SSSR count). The van der Waals surface area contributed by atoms with E-state index in [0.29, 0.717) is 5.95 Å². The summed E-state index contributed by atoms with van der Waals surface area (Å²) in [4.78, 5) is 4.10. The number of imidazole rings is 1.